The van der Waals surface area contributed by atoms with E-state index in [-0.39, 0.29) is 12.5 Å². The van der Waals surface area contributed by atoms with Gasteiger partial charge in [-0.1, -0.05) is 256 Å². The normalized spacial score (nSPS) is 19.8. The van der Waals surface area contributed by atoms with Crippen LogP contribution < -0.4 is 5.32 Å². The predicted octanol–water partition coefficient (Wildman–Crippen LogP) is 15.8. The number of amides is 1. The summed E-state index contributed by atoms with van der Waals surface area (Å²) in [5.74, 6) is -0.214. The molecule has 1 aliphatic heterocycles. The molecule has 9 heteroatoms. The average Bonchev–Trinajstić information content (AvgIpc) is 3.43. The van der Waals surface area contributed by atoms with Gasteiger partial charge in [-0.2, -0.15) is 0 Å². The summed E-state index contributed by atoms with van der Waals surface area (Å²) in [4.78, 5) is 13.1. The van der Waals surface area contributed by atoms with Crippen LogP contribution in [0.3, 0.4) is 0 Å². The van der Waals surface area contributed by atoms with E-state index in [1.54, 1.807) is 6.08 Å². The van der Waals surface area contributed by atoms with E-state index in [0.29, 0.717) is 12.8 Å². The smallest absolute Gasteiger partial charge is 0.220 e. The van der Waals surface area contributed by atoms with Crippen LogP contribution in [0.1, 0.15) is 219 Å². The first-order chi connectivity index (χ1) is 37.8. The Hall–Kier alpha value is -3.93. The van der Waals surface area contributed by atoms with Crippen molar-refractivity contribution in [3.05, 3.63) is 146 Å². The van der Waals surface area contributed by atoms with Crippen LogP contribution in [0.5, 0.6) is 0 Å². The van der Waals surface area contributed by atoms with Crippen LogP contribution in [0.25, 0.3) is 0 Å². The van der Waals surface area contributed by atoms with E-state index < -0.39 is 49.5 Å². The fourth-order valence-corrected chi connectivity index (χ4v) is 8.63. The highest BCUT2D eigenvalue weighted by Crippen LogP contribution is 2.23. The first kappa shape index (κ1) is 71.1. The fraction of sp³-hybridized carbons (Fsp3) is 0.632. The first-order valence-corrected chi connectivity index (χ1v) is 30.6. The molecule has 0 aromatic carbocycles. The summed E-state index contributed by atoms with van der Waals surface area (Å²) in [7, 11) is 0. The zero-order valence-electron chi connectivity index (χ0n) is 48.4. The van der Waals surface area contributed by atoms with Gasteiger partial charge in [0, 0.05) is 6.42 Å². The Kier molecular flexibility index (Phi) is 51.1. The number of unbranched alkanes of at least 4 members (excludes halogenated alkanes) is 18. The Labute approximate surface area is 470 Å². The monoisotopic (exact) mass is 1070 g/mol. The van der Waals surface area contributed by atoms with Crippen molar-refractivity contribution in [2.75, 3.05) is 13.2 Å². The van der Waals surface area contributed by atoms with Gasteiger partial charge in [0.2, 0.25) is 5.91 Å². The highest BCUT2D eigenvalue weighted by Gasteiger charge is 2.44. The van der Waals surface area contributed by atoms with Gasteiger partial charge >= 0.3 is 0 Å². The molecule has 1 aliphatic rings. The highest BCUT2D eigenvalue weighted by molar-refractivity contribution is 5.76. The van der Waals surface area contributed by atoms with Gasteiger partial charge in [0.15, 0.2) is 6.29 Å². The molecule has 1 heterocycles. The van der Waals surface area contributed by atoms with Gasteiger partial charge in [-0.25, -0.2) is 0 Å². The highest BCUT2D eigenvalue weighted by atomic mass is 16.7. The third kappa shape index (κ3) is 44.6. The molecular weight excluding hydrogens is 959 g/mol. The largest absolute Gasteiger partial charge is 0.394 e. The third-order valence-corrected chi connectivity index (χ3v) is 13.4. The number of carbonyl (C=O) groups excluding carboxylic acids is 1. The molecule has 1 fully saturated rings. The molecule has 7 atom stereocenters. The van der Waals surface area contributed by atoms with E-state index in [2.05, 4.69) is 153 Å². The van der Waals surface area contributed by atoms with Crippen molar-refractivity contribution >= 4 is 5.91 Å². The van der Waals surface area contributed by atoms with E-state index in [1.165, 1.54) is 83.5 Å². The zero-order valence-corrected chi connectivity index (χ0v) is 48.4. The Balaban J connectivity index is 2.24. The maximum Gasteiger partial charge on any atom is 0.220 e. The van der Waals surface area contributed by atoms with Crippen molar-refractivity contribution in [1.82, 2.24) is 5.32 Å². The molecule has 1 saturated heterocycles. The lowest BCUT2D eigenvalue weighted by molar-refractivity contribution is -0.302. The summed E-state index contributed by atoms with van der Waals surface area (Å²) in [6.45, 7) is 3.64. The molecule has 0 saturated carbocycles. The van der Waals surface area contributed by atoms with Gasteiger partial charge in [0.05, 0.1) is 25.4 Å². The Morgan fingerprint density at radius 1 is 0.455 bits per heavy atom. The van der Waals surface area contributed by atoms with Crippen LogP contribution in [-0.2, 0) is 14.3 Å². The maximum absolute atomic E-state index is 13.1. The van der Waals surface area contributed by atoms with E-state index in [4.69, 9.17) is 9.47 Å². The third-order valence-electron chi connectivity index (χ3n) is 13.4. The number of carbonyl (C=O) groups is 1. The Morgan fingerprint density at radius 3 is 1.19 bits per heavy atom. The van der Waals surface area contributed by atoms with Crippen molar-refractivity contribution in [1.29, 1.82) is 0 Å². The van der Waals surface area contributed by atoms with Gasteiger partial charge < -0.3 is 40.3 Å². The van der Waals surface area contributed by atoms with Crippen molar-refractivity contribution < 1.29 is 39.8 Å². The standard InChI is InChI=1S/C68H111NO8/c1-3-5-7-9-11-13-15-17-19-21-22-23-24-25-26-27-28-29-30-31-32-33-34-35-36-37-38-39-40-42-44-46-48-50-52-54-56-58-64(72)69-61(60-76-68-67(75)66(74)65(73)63(59-70)77-68)62(71)57-55-53-51-49-47-45-43-41-20-18-16-14-12-10-8-6-4-2/h5,7,11,13,17,19,22-23,25-26,28-29,31-32,34-35,37-38,40,42,46,48,55,57,61-63,65-68,70-71,73-75H,3-4,6,8-10,12,14-16,18,20-21,24,27,30,33,36,39,41,43-45,47,49-54,56,58-60H2,1-2H3,(H,69,72)/b7-5-,13-11-,19-17-,23-22-,26-25-,29-28-,32-31-,35-34-,38-37-,42-40-,48-46-,57-55+. The minimum Gasteiger partial charge on any atom is -0.394 e. The number of nitrogens with one attached hydrogen (secondary N) is 1. The second kappa shape index (κ2) is 55.4. The maximum atomic E-state index is 13.1. The zero-order chi connectivity index (χ0) is 55.8. The molecule has 0 spiro atoms. The number of rotatable bonds is 50. The summed E-state index contributed by atoms with van der Waals surface area (Å²) in [6.07, 6.45) is 79.1. The van der Waals surface area contributed by atoms with E-state index in [1.807, 2.05) is 6.08 Å². The number of allylic oxidation sites excluding steroid dienone is 23. The molecule has 0 aromatic rings. The average molecular weight is 1070 g/mol. The summed E-state index contributed by atoms with van der Waals surface area (Å²) < 4.78 is 11.3. The molecule has 1 amide bonds. The lowest BCUT2D eigenvalue weighted by Crippen LogP contribution is -2.60. The van der Waals surface area contributed by atoms with Crippen molar-refractivity contribution in [3.63, 3.8) is 0 Å². The summed E-state index contributed by atoms with van der Waals surface area (Å²) in [5, 5.41) is 54.5. The van der Waals surface area contributed by atoms with E-state index in [9.17, 15) is 30.3 Å². The van der Waals surface area contributed by atoms with Crippen LogP contribution in [0.2, 0.25) is 0 Å². The molecule has 9 nitrogen and oxygen atoms in total. The number of aliphatic hydroxyl groups excluding tert-OH is 5. The number of ether oxygens (including phenoxy) is 2. The van der Waals surface area contributed by atoms with Crippen LogP contribution in [0.15, 0.2) is 146 Å². The van der Waals surface area contributed by atoms with Gasteiger partial charge in [-0.05, 0) is 103 Å². The summed E-state index contributed by atoms with van der Waals surface area (Å²) in [5.41, 5.74) is 0. The molecule has 0 aromatic heterocycles. The predicted molar refractivity (Wildman–Crippen MR) is 326 cm³/mol. The van der Waals surface area contributed by atoms with Crippen molar-refractivity contribution in [2.24, 2.45) is 0 Å². The summed E-state index contributed by atoms with van der Waals surface area (Å²) in [6, 6.07) is -0.834. The minimum atomic E-state index is -1.58. The molecule has 0 bridgehead atoms. The molecular formula is C68H111NO8. The second-order valence-corrected chi connectivity index (χ2v) is 20.4. The number of hydrogen-bond acceptors (Lipinski definition) is 8. The lowest BCUT2D eigenvalue weighted by atomic mass is 9.99. The number of aliphatic hydroxyl groups is 5. The fourth-order valence-electron chi connectivity index (χ4n) is 8.63. The SMILES string of the molecule is CC/C=C\C/C=C\C/C=C\C/C=C\C/C=C\C/C=C\C/C=C\C/C=C\C/C=C\C/C=C\C/C=C\CCCCCC(=O)NC(COC1OC(CO)C(O)C(O)C1O)C(O)/C=C/CCCCCCCCCCCCCCCCC. The van der Waals surface area contributed by atoms with Crippen LogP contribution >= 0.6 is 0 Å². The Morgan fingerprint density at radius 2 is 0.805 bits per heavy atom. The first-order valence-electron chi connectivity index (χ1n) is 30.6. The molecule has 77 heavy (non-hydrogen) atoms. The molecule has 0 aliphatic carbocycles. The topological polar surface area (TPSA) is 149 Å². The Bertz CT molecular complexity index is 1720. The van der Waals surface area contributed by atoms with Gasteiger partial charge in [0.25, 0.3) is 0 Å². The van der Waals surface area contributed by atoms with E-state index in [0.717, 1.165) is 109 Å². The molecule has 7 unspecified atom stereocenters. The summed E-state index contributed by atoms with van der Waals surface area (Å²) >= 11 is 0. The molecule has 436 valence electrons. The minimum absolute atomic E-state index is 0.211. The van der Waals surface area contributed by atoms with Crippen molar-refractivity contribution in [2.45, 2.75) is 262 Å². The van der Waals surface area contributed by atoms with Gasteiger partial charge in [0.1, 0.15) is 24.4 Å². The number of hydrogen-bond donors (Lipinski definition) is 6. The van der Waals surface area contributed by atoms with Crippen LogP contribution in [-0.4, -0.2) is 87.5 Å². The van der Waals surface area contributed by atoms with Crippen LogP contribution in [0.4, 0.5) is 0 Å². The molecule has 0 radical (unpaired) electrons. The van der Waals surface area contributed by atoms with Gasteiger partial charge in [-0.15, -0.1) is 0 Å². The molecule has 6 N–H and O–H groups in total. The quantitative estimate of drug-likeness (QED) is 0.0261. The van der Waals surface area contributed by atoms with Crippen molar-refractivity contribution in [3.8, 4) is 0 Å². The van der Waals surface area contributed by atoms with Crippen LogP contribution in [0, 0.1) is 0 Å². The van der Waals surface area contributed by atoms with E-state index >= 15 is 0 Å². The van der Waals surface area contributed by atoms with Gasteiger partial charge in [-0.3, -0.25) is 4.79 Å². The second-order valence-electron chi connectivity index (χ2n) is 20.4. The lowest BCUT2D eigenvalue weighted by Gasteiger charge is -2.40. The molecule has 1 rings (SSSR count).